The number of guanidine groups is 1. The molecule has 1 unspecified atom stereocenters. The summed E-state index contributed by atoms with van der Waals surface area (Å²) in [7, 11) is 0. The Morgan fingerprint density at radius 2 is 1.81 bits per heavy atom. The summed E-state index contributed by atoms with van der Waals surface area (Å²) in [6.07, 6.45) is -0.742. The molecule has 2 aromatic rings. The Morgan fingerprint density at radius 3 is 2.52 bits per heavy atom. The van der Waals surface area contributed by atoms with Crippen LogP contribution in [0.25, 0.3) is 0 Å². The maximum absolute atomic E-state index is 10.3. The quantitative estimate of drug-likeness (QED) is 0.211. The van der Waals surface area contributed by atoms with Gasteiger partial charge in [-0.3, -0.25) is 4.99 Å². The van der Waals surface area contributed by atoms with E-state index in [-0.39, 0.29) is 30.5 Å². The van der Waals surface area contributed by atoms with Crippen molar-refractivity contribution in [3.8, 4) is 0 Å². The molecule has 0 heterocycles. The predicted molar refractivity (Wildman–Crippen MR) is 122 cm³/mol. The zero-order chi connectivity index (χ0) is 18.6. The van der Waals surface area contributed by atoms with Gasteiger partial charge in [-0.1, -0.05) is 60.1 Å². The van der Waals surface area contributed by atoms with Gasteiger partial charge >= 0.3 is 0 Å². The second kappa shape index (κ2) is 13.8. The van der Waals surface area contributed by atoms with E-state index in [1.807, 2.05) is 49.4 Å². The number of halogens is 2. The summed E-state index contributed by atoms with van der Waals surface area (Å²) in [5.41, 5.74) is 1.83. The second-order valence-electron chi connectivity index (χ2n) is 5.72. The fraction of sp³-hybridized carbons (Fsp3) is 0.350. The summed E-state index contributed by atoms with van der Waals surface area (Å²) < 4.78 is 5.65. The third kappa shape index (κ3) is 8.92. The van der Waals surface area contributed by atoms with E-state index in [0.717, 1.165) is 12.1 Å². The molecule has 0 radical (unpaired) electrons. The van der Waals surface area contributed by atoms with Crippen molar-refractivity contribution >= 4 is 41.5 Å². The predicted octanol–water partition coefficient (Wildman–Crippen LogP) is 3.76. The molecule has 0 fully saturated rings. The number of hydrogen-bond donors (Lipinski definition) is 3. The molecule has 0 saturated carbocycles. The lowest BCUT2D eigenvalue weighted by atomic mass is 10.1. The molecule has 5 nitrogen and oxygen atoms in total. The van der Waals surface area contributed by atoms with Gasteiger partial charge in [-0.05, 0) is 18.6 Å². The normalized spacial score (nSPS) is 12.2. The number of nitrogens with zero attached hydrogens (tertiary/aromatic N) is 1. The van der Waals surface area contributed by atoms with Gasteiger partial charge in [0, 0.05) is 23.7 Å². The molecule has 148 valence electrons. The Balaban J connectivity index is 0.00000364. The maximum Gasteiger partial charge on any atom is 0.191 e. The summed E-state index contributed by atoms with van der Waals surface area (Å²) >= 11 is 6.11. The number of hydrogen-bond acceptors (Lipinski definition) is 3. The summed E-state index contributed by atoms with van der Waals surface area (Å²) in [6.45, 7) is 4.73. The van der Waals surface area contributed by atoms with Crippen LogP contribution in [-0.2, 0) is 11.3 Å². The molecule has 7 heteroatoms. The lowest BCUT2D eigenvalue weighted by Gasteiger charge is -2.14. The molecule has 0 aliphatic carbocycles. The number of aliphatic hydroxyl groups is 1. The summed E-state index contributed by atoms with van der Waals surface area (Å²) in [4.78, 5) is 4.42. The van der Waals surface area contributed by atoms with Gasteiger partial charge in [0.25, 0.3) is 0 Å². The van der Waals surface area contributed by atoms with E-state index in [2.05, 4.69) is 15.6 Å². The second-order valence-corrected chi connectivity index (χ2v) is 6.13. The zero-order valence-corrected chi connectivity index (χ0v) is 18.5. The molecule has 1 atom stereocenters. The molecule has 0 saturated heterocycles. The van der Waals surface area contributed by atoms with E-state index in [9.17, 15) is 5.11 Å². The topological polar surface area (TPSA) is 65.9 Å². The van der Waals surface area contributed by atoms with Crippen LogP contribution in [0.1, 0.15) is 24.2 Å². The Kier molecular flexibility index (Phi) is 12.1. The number of benzene rings is 2. The van der Waals surface area contributed by atoms with Crippen LogP contribution in [0.3, 0.4) is 0 Å². The first kappa shape index (κ1) is 23.7. The van der Waals surface area contributed by atoms with Crippen molar-refractivity contribution < 1.29 is 9.84 Å². The van der Waals surface area contributed by atoms with Gasteiger partial charge in [0.15, 0.2) is 5.96 Å². The molecule has 0 aromatic heterocycles. The number of rotatable bonds is 9. The molecule has 0 aliphatic heterocycles. The molecule has 3 N–H and O–H groups in total. The van der Waals surface area contributed by atoms with Crippen LogP contribution >= 0.6 is 35.6 Å². The van der Waals surface area contributed by atoms with Gasteiger partial charge in [-0.25, -0.2) is 0 Å². The standard InChI is InChI=1S/C20H26ClN3O2.HI/c1-2-22-20(23-12-13-26-15-16-8-4-3-5-9-16)24-14-19(25)17-10-6-7-11-18(17)21;/h3-11,19,25H,2,12-15H2,1H3,(H2,22,23,24);1H. The van der Waals surface area contributed by atoms with Crippen LogP contribution in [0.5, 0.6) is 0 Å². The van der Waals surface area contributed by atoms with Crippen LogP contribution in [0.15, 0.2) is 59.6 Å². The highest BCUT2D eigenvalue weighted by molar-refractivity contribution is 14.0. The fourth-order valence-electron chi connectivity index (χ4n) is 2.37. The van der Waals surface area contributed by atoms with Crippen LogP contribution in [0.4, 0.5) is 0 Å². The van der Waals surface area contributed by atoms with Gasteiger partial charge in [-0.15, -0.1) is 24.0 Å². The van der Waals surface area contributed by atoms with Crippen LogP contribution in [0.2, 0.25) is 5.02 Å². The minimum absolute atomic E-state index is 0. The minimum atomic E-state index is -0.742. The average molecular weight is 504 g/mol. The van der Waals surface area contributed by atoms with E-state index in [1.54, 1.807) is 12.1 Å². The largest absolute Gasteiger partial charge is 0.386 e. The Hall–Kier alpha value is -1.35. The lowest BCUT2D eigenvalue weighted by molar-refractivity contribution is 0.125. The van der Waals surface area contributed by atoms with Crippen LogP contribution in [0, 0.1) is 0 Å². The SMILES string of the molecule is CCNC(=NCC(O)c1ccccc1Cl)NCCOCc1ccccc1.I. The maximum atomic E-state index is 10.3. The van der Waals surface area contributed by atoms with Gasteiger partial charge in [0.05, 0.1) is 19.8 Å². The average Bonchev–Trinajstić information content (AvgIpc) is 2.66. The van der Waals surface area contributed by atoms with E-state index in [1.165, 1.54) is 0 Å². The van der Waals surface area contributed by atoms with Crippen LogP contribution < -0.4 is 10.6 Å². The first-order chi connectivity index (χ1) is 12.7. The molecular weight excluding hydrogens is 477 g/mol. The molecule has 2 rings (SSSR count). The van der Waals surface area contributed by atoms with Gasteiger partial charge in [-0.2, -0.15) is 0 Å². The van der Waals surface area contributed by atoms with Crippen molar-refractivity contribution in [2.45, 2.75) is 19.6 Å². The van der Waals surface area contributed by atoms with Gasteiger partial charge in [0.2, 0.25) is 0 Å². The summed E-state index contributed by atoms with van der Waals surface area (Å²) in [5, 5.41) is 17.2. The van der Waals surface area contributed by atoms with Crippen molar-refractivity contribution in [2.24, 2.45) is 4.99 Å². The first-order valence-corrected chi connectivity index (χ1v) is 9.15. The van der Waals surface area contributed by atoms with Crippen molar-refractivity contribution in [1.29, 1.82) is 0 Å². The summed E-state index contributed by atoms with van der Waals surface area (Å²) in [6, 6.07) is 17.3. The Bertz CT molecular complexity index is 686. The Morgan fingerprint density at radius 1 is 1.11 bits per heavy atom. The lowest BCUT2D eigenvalue weighted by Crippen LogP contribution is -2.39. The number of aliphatic hydroxyl groups excluding tert-OH is 1. The highest BCUT2D eigenvalue weighted by atomic mass is 127. The molecular formula is C20H27ClIN3O2. The number of aliphatic imine (C=N–C) groups is 1. The minimum Gasteiger partial charge on any atom is -0.386 e. The van der Waals surface area contributed by atoms with E-state index < -0.39 is 6.10 Å². The van der Waals surface area contributed by atoms with Crippen molar-refractivity contribution in [2.75, 3.05) is 26.2 Å². The molecule has 0 aliphatic rings. The van der Waals surface area contributed by atoms with Gasteiger partial charge in [0.1, 0.15) is 6.10 Å². The van der Waals surface area contributed by atoms with E-state index >= 15 is 0 Å². The van der Waals surface area contributed by atoms with Gasteiger partial charge < -0.3 is 20.5 Å². The van der Waals surface area contributed by atoms with Crippen LogP contribution in [-0.4, -0.2) is 37.3 Å². The third-order valence-corrected chi connectivity index (χ3v) is 4.03. The first-order valence-electron chi connectivity index (χ1n) is 8.77. The third-order valence-electron chi connectivity index (χ3n) is 3.68. The molecule has 0 amide bonds. The van der Waals surface area contributed by atoms with E-state index in [0.29, 0.717) is 36.3 Å². The molecule has 0 spiro atoms. The number of ether oxygens (including phenoxy) is 1. The van der Waals surface area contributed by atoms with Crippen molar-refractivity contribution in [1.82, 2.24) is 10.6 Å². The monoisotopic (exact) mass is 503 g/mol. The molecule has 2 aromatic carbocycles. The highest BCUT2D eigenvalue weighted by Crippen LogP contribution is 2.22. The molecule has 0 bridgehead atoms. The fourth-order valence-corrected chi connectivity index (χ4v) is 2.63. The zero-order valence-electron chi connectivity index (χ0n) is 15.4. The number of nitrogens with one attached hydrogen (secondary N) is 2. The Labute approximate surface area is 183 Å². The highest BCUT2D eigenvalue weighted by Gasteiger charge is 2.10. The smallest absolute Gasteiger partial charge is 0.191 e. The van der Waals surface area contributed by atoms with Crippen molar-refractivity contribution in [3.05, 3.63) is 70.7 Å². The summed E-state index contributed by atoms with van der Waals surface area (Å²) in [5.74, 6) is 0.641. The van der Waals surface area contributed by atoms with Crippen molar-refractivity contribution in [3.63, 3.8) is 0 Å². The molecule has 27 heavy (non-hydrogen) atoms. The van der Waals surface area contributed by atoms with E-state index in [4.69, 9.17) is 16.3 Å².